The van der Waals surface area contributed by atoms with Crippen molar-refractivity contribution in [3.05, 3.63) is 60.2 Å². The normalized spacial score (nSPS) is 13.7. The van der Waals surface area contributed by atoms with E-state index in [4.69, 9.17) is 4.74 Å². The molecule has 0 aliphatic rings. The molecule has 2 atom stereocenters. The monoisotopic (exact) mass is 361 g/mol. The number of carbonyl (C=O) groups excluding carboxylic acids is 1. The molecular formula is C19H23NO4S. The summed E-state index contributed by atoms with van der Waals surface area (Å²) in [5, 5.41) is 2.95. The first kappa shape index (κ1) is 19.0. The highest BCUT2D eigenvalue weighted by molar-refractivity contribution is 7.90. The Bertz CT molecular complexity index is 801. The summed E-state index contributed by atoms with van der Waals surface area (Å²) in [5.41, 5.74) is 0.857. The maximum absolute atomic E-state index is 12.4. The van der Waals surface area contributed by atoms with Crippen LogP contribution in [-0.4, -0.2) is 26.7 Å². The molecule has 0 saturated heterocycles. The zero-order valence-corrected chi connectivity index (χ0v) is 15.4. The molecule has 2 aromatic rings. The third kappa shape index (κ3) is 5.32. The van der Waals surface area contributed by atoms with E-state index in [1.807, 2.05) is 25.1 Å². The topological polar surface area (TPSA) is 72.5 Å². The van der Waals surface area contributed by atoms with Gasteiger partial charge in [0.05, 0.1) is 10.9 Å². The fourth-order valence-electron chi connectivity index (χ4n) is 2.41. The Balaban J connectivity index is 2.04. The molecule has 0 aromatic heterocycles. The van der Waals surface area contributed by atoms with Crippen LogP contribution in [0, 0.1) is 0 Å². The van der Waals surface area contributed by atoms with Gasteiger partial charge < -0.3 is 10.1 Å². The largest absolute Gasteiger partial charge is 0.481 e. The van der Waals surface area contributed by atoms with Gasteiger partial charge in [-0.15, -0.1) is 0 Å². The number of amides is 1. The van der Waals surface area contributed by atoms with Crippen LogP contribution in [0.2, 0.25) is 0 Å². The van der Waals surface area contributed by atoms with Crippen LogP contribution in [0.15, 0.2) is 59.5 Å². The van der Waals surface area contributed by atoms with Gasteiger partial charge in [0.2, 0.25) is 0 Å². The van der Waals surface area contributed by atoms with Crippen molar-refractivity contribution in [2.75, 3.05) is 6.26 Å². The van der Waals surface area contributed by atoms with E-state index in [0.717, 1.165) is 5.56 Å². The number of carbonyl (C=O) groups is 1. The predicted octanol–water partition coefficient (Wildman–Crippen LogP) is 3.12. The number of para-hydroxylation sites is 1. The maximum Gasteiger partial charge on any atom is 0.261 e. The zero-order valence-electron chi connectivity index (χ0n) is 14.6. The summed E-state index contributed by atoms with van der Waals surface area (Å²) in [6.07, 6.45) is 1.22. The summed E-state index contributed by atoms with van der Waals surface area (Å²) in [5.74, 6) is 0.415. The molecule has 0 fully saturated rings. The Hall–Kier alpha value is -2.34. The van der Waals surface area contributed by atoms with Crippen LogP contribution in [0.5, 0.6) is 5.75 Å². The van der Waals surface area contributed by atoms with Crippen LogP contribution in [0.3, 0.4) is 0 Å². The van der Waals surface area contributed by atoms with E-state index < -0.39 is 15.9 Å². The quantitative estimate of drug-likeness (QED) is 0.822. The molecule has 5 nitrogen and oxygen atoms in total. The van der Waals surface area contributed by atoms with Crippen molar-refractivity contribution in [3.63, 3.8) is 0 Å². The molecule has 0 heterocycles. The molecule has 0 saturated carbocycles. The van der Waals surface area contributed by atoms with Crippen molar-refractivity contribution in [3.8, 4) is 5.75 Å². The first-order chi connectivity index (χ1) is 11.8. The molecule has 0 radical (unpaired) electrons. The molecule has 1 N–H and O–H groups in total. The number of benzene rings is 2. The van der Waals surface area contributed by atoms with Crippen LogP contribution in [-0.2, 0) is 14.6 Å². The van der Waals surface area contributed by atoms with Crippen molar-refractivity contribution in [2.24, 2.45) is 0 Å². The van der Waals surface area contributed by atoms with Gasteiger partial charge in [-0.3, -0.25) is 4.79 Å². The number of ether oxygens (including phenoxy) is 1. The average Bonchev–Trinajstić information content (AvgIpc) is 2.59. The van der Waals surface area contributed by atoms with Gasteiger partial charge in [0.25, 0.3) is 5.91 Å². The summed E-state index contributed by atoms with van der Waals surface area (Å²) in [6.45, 7) is 3.65. The zero-order chi connectivity index (χ0) is 18.4. The van der Waals surface area contributed by atoms with Crippen LogP contribution in [0.25, 0.3) is 0 Å². The lowest BCUT2D eigenvalue weighted by molar-refractivity contribution is -0.128. The van der Waals surface area contributed by atoms with Gasteiger partial charge in [-0.1, -0.05) is 37.3 Å². The maximum atomic E-state index is 12.4. The predicted molar refractivity (Wildman–Crippen MR) is 97.3 cm³/mol. The number of hydrogen-bond donors (Lipinski definition) is 1. The molecule has 134 valence electrons. The SMILES string of the molecule is CC[C@H](NC(=O)[C@@H](C)Oc1ccccc1)c1ccc(S(C)(=O)=O)cc1. The fourth-order valence-corrected chi connectivity index (χ4v) is 3.04. The van der Waals surface area contributed by atoms with Gasteiger partial charge in [0.1, 0.15) is 5.75 Å². The highest BCUT2D eigenvalue weighted by Crippen LogP contribution is 2.20. The number of rotatable bonds is 7. The molecule has 0 spiro atoms. The third-order valence-corrected chi connectivity index (χ3v) is 4.99. The number of hydrogen-bond acceptors (Lipinski definition) is 4. The third-order valence-electron chi connectivity index (χ3n) is 3.86. The molecule has 0 unspecified atom stereocenters. The first-order valence-corrected chi connectivity index (χ1v) is 10.0. The number of nitrogens with one attached hydrogen (secondary N) is 1. The van der Waals surface area contributed by atoms with E-state index in [1.54, 1.807) is 43.3 Å². The lowest BCUT2D eigenvalue weighted by Crippen LogP contribution is -2.38. The second-order valence-corrected chi connectivity index (χ2v) is 7.90. The molecule has 2 rings (SSSR count). The van der Waals surface area contributed by atoms with Crippen LogP contribution < -0.4 is 10.1 Å². The van der Waals surface area contributed by atoms with E-state index in [2.05, 4.69) is 5.32 Å². The van der Waals surface area contributed by atoms with Crippen LogP contribution >= 0.6 is 0 Å². The molecule has 0 aliphatic heterocycles. The Morgan fingerprint density at radius 3 is 2.20 bits per heavy atom. The van der Waals surface area contributed by atoms with Gasteiger partial charge in [-0.25, -0.2) is 8.42 Å². The minimum absolute atomic E-state index is 0.206. The van der Waals surface area contributed by atoms with Gasteiger partial charge in [-0.05, 0) is 43.2 Å². The fraction of sp³-hybridized carbons (Fsp3) is 0.316. The van der Waals surface area contributed by atoms with Gasteiger partial charge in [0.15, 0.2) is 15.9 Å². The Labute approximate surface area is 148 Å². The van der Waals surface area contributed by atoms with Crippen LogP contribution in [0.1, 0.15) is 31.9 Å². The minimum atomic E-state index is -3.23. The number of sulfone groups is 1. The highest BCUT2D eigenvalue weighted by Gasteiger charge is 2.19. The van der Waals surface area contributed by atoms with E-state index in [-0.39, 0.29) is 16.8 Å². The molecule has 2 aromatic carbocycles. The van der Waals surface area contributed by atoms with Gasteiger partial charge in [0, 0.05) is 6.26 Å². The first-order valence-electron chi connectivity index (χ1n) is 8.13. The van der Waals surface area contributed by atoms with E-state index in [1.165, 1.54) is 6.26 Å². The molecule has 0 aliphatic carbocycles. The van der Waals surface area contributed by atoms with Crippen molar-refractivity contribution in [2.45, 2.75) is 37.3 Å². The Morgan fingerprint density at radius 2 is 1.68 bits per heavy atom. The van der Waals surface area contributed by atoms with Gasteiger partial charge >= 0.3 is 0 Å². The Morgan fingerprint density at radius 1 is 1.08 bits per heavy atom. The summed E-state index contributed by atoms with van der Waals surface area (Å²) in [6, 6.07) is 15.5. The second kappa shape index (κ2) is 8.16. The summed E-state index contributed by atoms with van der Waals surface area (Å²) in [7, 11) is -3.23. The average molecular weight is 361 g/mol. The lowest BCUT2D eigenvalue weighted by atomic mass is 10.0. The van der Waals surface area contributed by atoms with E-state index in [9.17, 15) is 13.2 Å². The smallest absolute Gasteiger partial charge is 0.261 e. The summed E-state index contributed by atoms with van der Waals surface area (Å²) >= 11 is 0. The minimum Gasteiger partial charge on any atom is -0.481 e. The molecular weight excluding hydrogens is 338 g/mol. The molecule has 1 amide bonds. The lowest BCUT2D eigenvalue weighted by Gasteiger charge is -2.21. The molecule has 6 heteroatoms. The van der Waals surface area contributed by atoms with Crippen molar-refractivity contribution in [1.29, 1.82) is 0 Å². The van der Waals surface area contributed by atoms with Crippen LogP contribution in [0.4, 0.5) is 0 Å². The summed E-state index contributed by atoms with van der Waals surface area (Å²) in [4.78, 5) is 12.6. The molecule has 25 heavy (non-hydrogen) atoms. The van der Waals surface area contributed by atoms with Crippen molar-refractivity contribution in [1.82, 2.24) is 5.32 Å². The summed E-state index contributed by atoms with van der Waals surface area (Å²) < 4.78 is 28.7. The van der Waals surface area contributed by atoms with Crippen molar-refractivity contribution >= 4 is 15.7 Å². The Kier molecular flexibility index (Phi) is 6.20. The van der Waals surface area contributed by atoms with E-state index in [0.29, 0.717) is 12.2 Å². The highest BCUT2D eigenvalue weighted by atomic mass is 32.2. The van der Waals surface area contributed by atoms with Gasteiger partial charge in [-0.2, -0.15) is 0 Å². The van der Waals surface area contributed by atoms with E-state index >= 15 is 0 Å². The van der Waals surface area contributed by atoms with Crippen molar-refractivity contribution < 1.29 is 17.9 Å². The molecule has 0 bridgehead atoms. The standard InChI is InChI=1S/C19H23NO4S/c1-4-18(15-10-12-17(13-11-15)25(3,22)23)20-19(21)14(2)24-16-8-6-5-7-9-16/h5-14,18H,4H2,1-3H3,(H,20,21)/t14-,18+/m1/s1. The second-order valence-electron chi connectivity index (χ2n) is 5.88.